The first kappa shape index (κ1) is 22.7. The predicted octanol–water partition coefficient (Wildman–Crippen LogP) is 4.41. The van der Waals surface area contributed by atoms with E-state index in [1.54, 1.807) is 42.0 Å². The molecule has 0 atom stereocenters. The van der Waals surface area contributed by atoms with E-state index < -0.39 is 0 Å². The van der Waals surface area contributed by atoms with E-state index in [1.165, 1.54) is 18.2 Å². The highest BCUT2D eigenvalue weighted by Gasteiger charge is 2.24. The molecule has 1 saturated heterocycles. The standard InChI is InChI=1S/C27H25F2N5O/c1-19-16-20(5-10-23(19)29)24-18-34(22-8-6-21(28)7-9-22)26(31-24)17-27(35)33-14-12-32(13-15-33)25-4-2-3-11-30-25/h2-11,16,18H,12-15,17H2,1H3. The molecule has 35 heavy (non-hydrogen) atoms. The molecule has 1 amide bonds. The summed E-state index contributed by atoms with van der Waals surface area (Å²) >= 11 is 0. The first-order valence-electron chi connectivity index (χ1n) is 11.5. The topological polar surface area (TPSA) is 54.3 Å². The molecule has 5 rings (SSSR count). The zero-order valence-electron chi connectivity index (χ0n) is 19.4. The molecule has 0 radical (unpaired) electrons. The number of benzene rings is 2. The largest absolute Gasteiger partial charge is 0.353 e. The highest BCUT2D eigenvalue weighted by Crippen LogP contribution is 2.25. The monoisotopic (exact) mass is 473 g/mol. The summed E-state index contributed by atoms with van der Waals surface area (Å²) in [5.74, 6) is 0.802. The van der Waals surface area contributed by atoms with Crippen LogP contribution in [0.1, 0.15) is 11.4 Å². The summed E-state index contributed by atoms with van der Waals surface area (Å²) in [5, 5.41) is 0. The van der Waals surface area contributed by atoms with Crippen molar-refractivity contribution in [3.8, 4) is 16.9 Å². The van der Waals surface area contributed by atoms with Crippen molar-refractivity contribution < 1.29 is 13.6 Å². The van der Waals surface area contributed by atoms with Crippen molar-refractivity contribution in [2.24, 2.45) is 0 Å². The molecule has 178 valence electrons. The minimum Gasteiger partial charge on any atom is -0.353 e. The highest BCUT2D eigenvalue weighted by atomic mass is 19.1. The van der Waals surface area contributed by atoms with E-state index >= 15 is 0 Å². The molecule has 1 aliphatic heterocycles. The minimum absolute atomic E-state index is 0.0264. The van der Waals surface area contributed by atoms with Crippen LogP contribution in [0, 0.1) is 18.6 Å². The lowest BCUT2D eigenvalue weighted by molar-refractivity contribution is -0.130. The SMILES string of the molecule is Cc1cc(-c2cn(-c3ccc(F)cc3)c(CC(=O)N3CCN(c4ccccn4)CC3)n2)ccc1F. The summed E-state index contributed by atoms with van der Waals surface area (Å²) in [6.45, 7) is 4.29. The summed E-state index contributed by atoms with van der Waals surface area (Å²) in [6.07, 6.45) is 3.67. The van der Waals surface area contributed by atoms with E-state index in [2.05, 4.69) is 9.88 Å². The fraction of sp³-hybridized carbons (Fsp3) is 0.222. The van der Waals surface area contributed by atoms with Crippen molar-refractivity contribution in [1.82, 2.24) is 19.4 Å². The van der Waals surface area contributed by atoms with Gasteiger partial charge in [0.15, 0.2) is 0 Å². The van der Waals surface area contributed by atoms with E-state index in [-0.39, 0.29) is 24.0 Å². The molecule has 6 nitrogen and oxygen atoms in total. The number of amides is 1. The summed E-state index contributed by atoms with van der Waals surface area (Å²) < 4.78 is 29.1. The Balaban J connectivity index is 1.38. The Bertz CT molecular complexity index is 1330. The molecule has 0 saturated carbocycles. The van der Waals surface area contributed by atoms with E-state index in [0.717, 1.165) is 11.4 Å². The number of piperazine rings is 1. The number of halogens is 2. The molecule has 3 heterocycles. The van der Waals surface area contributed by atoms with Gasteiger partial charge in [-0.15, -0.1) is 0 Å². The second-order valence-corrected chi connectivity index (χ2v) is 8.59. The van der Waals surface area contributed by atoms with Crippen LogP contribution in [0.25, 0.3) is 16.9 Å². The van der Waals surface area contributed by atoms with Gasteiger partial charge in [-0.1, -0.05) is 6.07 Å². The number of rotatable bonds is 5. The predicted molar refractivity (Wildman–Crippen MR) is 130 cm³/mol. The number of carbonyl (C=O) groups excluding carboxylic acids is 1. The van der Waals surface area contributed by atoms with Gasteiger partial charge in [0.25, 0.3) is 0 Å². The minimum atomic E-state index is -0.341. The summed E-state index contributed by atoms with van der Waals surface area (Å²) in [5.41, 5.74) is 2.59. The quantitative estimate of drug-likeness (QED) is 0.431. The smallest absolute Gasteiger partial charge is 0.230 e. The molecule has 0 spiro atoms. The zero-order valence-corrected chi connectivity index (χ0v) is 19.4. The number of imidazole rings is 1. The summed E-state index contributed by atoms with van der Waals surface area (Å²) in [4.78, 5) is 26.3. The fourth-order valence-electron chi connectivity index (χ4n) is 4.28. The third-order valence-electron chi connectivity index (χ3n) is 6.25. The number of aryl methyl sites for hydroxylation is 1. The molecule has 0 N–H and O–H groups in total. The number of hydrogen-bond acceptors (Lipinski definition) is 4. The van der Waals surface area contributed by atoms with Crippen LogP contribution in [0.4, 0.5) is 14.6 Å². The first-order chi connectivity index (χ1) is 17.0. The number of pyridine rings is 1. The van der Waals surface area contributed by atoms with Crippen molar-refractivity contribution in [3.05, 3.63) is 96.1 Å². The van der Waals surface area contributed by atoms with E-state index in [9.17, 15) is 13.6 Å². The third kappa shape index (κ3) is 4.91. The lowest BCUT2D eigenvalue weighted by atomic mass is 10.1. The van der Waals surface area contributed by atoms with Gasteiger partial charge in [-0.3, -0.25) is 4.79 Å². The van der Waals surface area contributed by atoms with Crippen molar-refractivity contribution in [3.63, 3.8) is 0 Å². The molecule has 2 aromatic heterocycles. The normalized spacial score (nSPS) is 13.8. The third-order valence-corrected chi connectivity index (χ3v) is 6.25. The average Bonchev–Trinajstić information content (AvgIpc) is 3.30. The van der Waals surface area contributed by atoms with Crippen LogP contribution in [0.2, 0.25) is 0 Å². The highest BCUT2D eigenvalue weighted by molar-refractivity contribution is 5.79. The van der Waals surface area contributed by atoms with Crippen LogP contribution in [0.5, 0.6) is 0 Å². The molecule has 1 fully saturated rings. The second-order valence-electron chi connectivity index (χ2n) is 8.59. The molecule has 8 heteroatoms. The van der Waals surface area contributed by atoms with Gasteiger partial charge in [0.1, 0.15) is 23.3 Å². The van der Waals surface area contributed by atoms with Crippen molar-refractivity contribution in [2.45, 2.75) is 13.3 Å². The number of anilines is 1. The van der Waals surface area contributed by atoms with E-state index in [0.29, 0.717) is 48.9 Å². The van der Waals surface area contributed by atoms with Crippen LogP contribution in [0.3, 0.4) is 0 Å². The van der Waals surface area contributed by atoms with Gasteiger partial charge < -0.3 is 14.4 Å². The molecule has 0 bridgehead atoms. The Labute approximate surface area is 202 Å². The van der Waals surface area contributed by atoms with Gasteiger partial charge in [0.05, 0.1) is 12.1 Å². The maximum absolute atomic E-state index is 13.8. The molecule has 0 unspecified atom stereocenters. The Hall–Kier alpha value is -4.07. The van der Waals surface area contributed by atoms with Crippen LogP contribution < -0.4 is 4.90 Å². The van der Waals surface area contributed by atoms with Crippen LogP contribution in [-0.2, 0) is 11.2 Å². The first-order valence-corrected chi connectivity index (χ1v) is 11.5. The molecule has 0 aliphatic carbocycles. The van der Waals surface area contributed by atoms with Crippen LogP contribution >= 0.6 is 0 Å². The maximum Gasteiger partial charge on any atom is 0.230 e. The lowest BCUT2D eigenvalue weighted by Gasteiger charge is -2.35. The van der Waals surface area contributed by atoms with Gasteiger partial charge >= 0.3 is 0 Å². The Morgan fingerprint density at radius 1 is 0.971 bits per heavy atom. The van der Waals surface area contributed by atoms with E-state index in [4.69, 9.17) is 4.98 Å². The van der Waals surface area contributed by atoms with Gasteiger partial charge in [0.2, 0.25) is 5.91 Å². The average molecular weight is 474 g/mol. The van der Waals surface area contributed by atoms with Gasteiger partial charge in [-0.2, -0.15) is 0 Å². The maximum atomic E-state index is 13.8. The Kier molecular flexibility index (Phi) is 6.27. The Morgan fingerprint density at radius 2 is 1.74 bits per heavy atom. The van der Waals surface area contributed by atoms with Crippen LogP contribution in [0.15, 0.2) is 73.1 Å². The molecule has 1 aliphatic rings. The Morgan fingerprint density at radius 3 is 2.43 bits per heavy atom. The number of nitrogens with zero attached hydrogens (tertiary/aromatic N) is 5. The van der Waals surface area contributed by atoms with Gasteiger partial charge in [-0.05, 0) is 67.1 Å². The number of aromatic nitrogens is 3. The molecular formula is C27H25F2N5O. The van der Waals surface area contributed by atoms with Gasteiger partial charge in [0, 0.05) is 49.8 Å². The zero-order chi connectivity index (χ0) is 24.4. The number of hydrogen-bond donors (Lipinski definition) is 0. The van der Waals surface area contributed by atoms with Crippen molar-refractivity contribution >= 4 is 11.7 Å². The van der Waals surface area contributed by atoms with Crippen molar-refractivity contribution in [1.29, 1.82) is 0 Å². The molecular weight excluding hydrogens is 448 g/mol. The van der Waals surface area contributed by atoms with Gasteiger partial charge in [-0.25, -0.2) is 18.7 Å². The van der Waals surface area contributed by atoms with E-state index in [1.807, 2.05) is 29.3 Å². The summed E-state index contributed by atoms with van der Waals surface area (Å²) in [6, 6.07) is 16.7. The second kappa shape index (κ2) is 9.66. The summed E-state index contributed by atoms with van der Waals surface area (Å²) in [7, 11) is 0. The fourth-order valence-corrected chi connectivity index (χ4v) is 4.28. The lowest BCUT2D eigenvalue weighted by Crippen LogP contribution is -2.49. The molecule has 2 aromatic carbocycles. The van der Waals surface area contributed by atoms with Crippen LogP contribution in [-0.4, -0.2) is 51.5 Å². The van der Waals surface area contributed by atoms with Crippen molar-refractivity contribution in [2.75, 3.05) is 31.1 Å². The number of carbonyl (C=O) groups is 1. The molecule has 4 aromatic rings.